The lowest BCUT2D eigenvalue weighted by molar-refractivity contribution is 0.188. The Morgan fingerprint density at radius 2 is 1.15 bits per heavy atom. The summed E-state index contributed by atoms with van der Waals surface area (Å²) < 4.78 is 14.7. The predicted octanol–water partition coefficient (Wildman–Crippen LogP) is 4.49. The van der Waals surface area contributed by atoms with Gasteiger partial charge >= 0.3 is 8.56 Å². The fourth-order valence-electron chi connectivity index (χ4n) is 3.03. The average molecular weight is 336 g/mol. The minimum Gasteiger partial charge on any atom is -0.395 e. The molecule has 0 N–H and O–H groups in total. The van der Waals surface area contributed by atoms with Gasteiger partial charge in [-0.2, -0.15) is 0 Å². The monoisotopic (exact) mass is 335 g/mol. The topological polar surface area (TPSA) is 21.7 Å². The number of rotatable bonds is 10. The fraction of sp³-hybridized carbons (Fsp3) is 1.00. The van der Waals surface area contributed by atoms with Gasteiger partial charge in [-0.25, -0.2) is 0 Å². The molecular weight excluding hydrogens is 298 g/mol. The molecule has 0 atom stereocenters. The first-order valence-corrected chi connectivity index (χ1v) is 17.4. The van der Waals surface area contributed by atoms with Gasteiger partial charge in [0.1, 0.15) is 16.5 Å². The molecule has 0 aliphatic heterocycles. The normalized spacial score (nSPS) is 14.1. The quantitative estimate of drug-likeness (QED) is 0.549. The van der Waals surface area contributed by atoms with Crippen molar-refractivity contribution in [3.8, 4) is 0 Å². The van der Waals surface area contributed by atoms with Crippen molar-refractivity contribution < 1.29 is 8.85 Å². The van der Waals surface area contributed by atoms with Gasteiger partial charge in [-0.1, -0.05) is 39.3 Å². The number of hydrogen-bond donors (Lipinski definition) is 0. The van der Waals surface area contributed by atoms with Crippen LogP contribution in [0.2, 0.25) is 51.9 Å². The molecule has 6 heteroatoms. The number of nitrogens with zero attached hydrogens (tertiary/aromatic N) is 1. The Morgan fingerprint density at radius 1 is 0.750 bits per heavy atom. The van der Waals surface area contributed by atoms with E-state index < -0.39 is 25.0 Å². The zero-order chi connectivity index (χ0) is 16.0. The van der Waals surface area contributed by atoms with E-state index in [0.29, 0.717) is 0 Å². The lowest BCUT2D eigenvalue weighted by Crippen LogP contribution is -2.59. The molecule has 0 saturated heterocycles. The van der Waals surface area contributed by atoms with Crippen molar-refractivity contribution in [2.24, 2.45) is 0 Å². The van der Waals surface area contributed by atoms with Crippen molar-refractivity contribution in [2.75, 3.05) is 19.8 Å². The minimum absolute atomic E-state index is 0.772. The van der Waals surface area contributed by atoms with Gasteiger partial charge in [0.25, 0.3) is 0 Å². The Hall–Kier alpha value is 0.531. The van der Waals surface area contributed by atoms with Crippen molar-refractivity contribution >= 4 is 25.0 Å². The van der Waals surface area contributed by atoms with E-state index in [1.54, 1.807) is 0 Å². The highest BCUT2D eigenvalue weighted by molar-refractivity contribution is 6.89. The van der Waals surface area contributed by atoms with Crippen LogP contribution in [0.1, 0.15) is 20.3 Å². The van der Waals surface area contributed by atoms with E-state index in [4.69, 9.17) is 8.85 Å². The Morgan fingerprint density at radius 3 is 1.45 bits per heavy atom. The molecule has 0 radical (unpaired) electrons. The van der Waals surface area contributed by atoms with E-state index in [9.17, 15) is 0 Å². The second-order valence-corrected chi connectivity index (χ2v) is 21.2. The molecule has 20 heavy (non-hydrogen) atoms. The first-order chi connectivity index (χ1) is 8.96. The zero-order valence-electron chi connectivity index (χ0n) is 15.3. The molecule has 122 valence electrons. The summed E-state index contributed by atoms with van der Waals surface area (Å²) in [5, 5.41) is 0. The average Bonchev–Trinajstić information content (AvgIpc) is 2.21. The summed E-state index contributed by atoms with van der Waals surface area (Å²) in [5.41, 5.74) is 0. The standard InChI is InChI=1S/C14H37NO2Si3/c1-10-16-20(9,17-11-2)14-12-13-15(18(3,4)5)19(6,7)8/h10-14H2,1-9H3. The molecule has 0 saturated carbocycles. The molecule has 0 aliphatic rings. The third-order valence-electron chi connectivity index (χ3n) is 3.53. The lowest BCUT2D eigenvalue weighted by Gasteiger charge is -2.44. The molecule has 0 unspecified atom stereocenters. The third kappa shape index (κ3) is 7.51. The highest BCUT2D eigenvalue weighted by atomic mass is 28.4. The summed E-state index contributed by atoms with van der Waals surface area (Å²) in [4.78, 5) is 0. The summed E-state index contributed by atoms with van der Waals surface area (Å²) >= 11 is 0. The maximum atomic E-state index is 5.94. The van der Waals surface area contributed by atoms with Crippen LogP contribution in [-0.4, -0.2) is 49.0 Å². The van der Waals surface area contributed by atoms with Crippen LogP contribution in [0.25, 0.3) is 0 Å². The van der Waals surface area contributed by atoms with Crippen LogP contribution in [0.5, 0.6) is 0 Å². The SMILES string of the molecule is CCO[Si](C)(CCCN([Si](C)(C)C)[Si](C)(C)C)OCC. The lowest BCUT2D eigenvalue weighted by atomic mass is 10.5. The summed E-state index contributed by atoms with van der Waals surface area (Å²) in [6.07, 6.45) is 1.21. The van der Waals surface area contributed by atoms with Crippen LogP contribution in [0.15, 0.2) is 0 Å². The predicted molar refractivity (Wildman–Crippen MR) is 97.7 cm³/mol. The second kappa shape index (κ2) is 8.24. The summed E-state index contributed by atoms with van der Waals surface area (Å²) in [5.74, 6) is 0. The maximum Gasteiger partial charge on any atom is 0.334 e. The molecule has 0 heterocycles. The van der Waals surface area contributed by atoms with Gasteiger partial charge in [0, 0.05) is 13.2 Å². The molecule has 0 fully saturated rings. The van der Waals surface area contributed by atoms with Gasteiger partial charge in [-0.05, 0) is 39.4 Å². The Balaban J connectivity index is 4.57. The van der Waals surface area contributed by atoms with Gasteiger partial charge in [0.2, 0.25) is 0 Å². The van der Waals surface area contributed by atoms with Crippen molar-refractivity contribution in [3.63, 3.8) is 0 Å². The molecule has 0 bridgehead atoms. The van der Waals surface area contributed by atoms with Crippen LogP contribution in [0.4, 0.5) is 0 Å². The van der Waals surface area contributed by atoms with Gasteiger partial charge in [0.15, 0.2) is 0 Å². The molecule has 0 aromatic carbocycles. The van der Waals surface area contributed by atoms with E-state index in [-0.39, 0.29) is 0 Å². The molecule has 3 nitrogen and oxygen atoms in total. The van der Waals surface area contributed by atoms with Crippen LogP contribution in [-0.2, 0) is 8.85 Å². The van der Waals surface area contributed by atoms with Crippen molar-refractivity contribution in [3.05, 3.63) is 0 Å². The summed E-state index contributed by atoms with van der Waals surface area (Å²) in [6.45, 7) is 23.9. The van der Waals surface area contributed by atoms with E-state index in [1.165, 1.54) is 13.0 Å². The van der Waals surface area contributed by atoms with Crippen molar-refractivity contribution in [1.82, 2.24) is 4.23 Å². The summed E-state index contributed by atoms with van der Waals surface area (Å²) in [6, 6.07) is 1.11. The van der Waals surface area contributed by atoms with Gasteiger partial charge in [-0.3, -0.25) is 0 Å². The van der Waals surface area contributed by atoms with Gasteiger partial charge < -0.3 is 13.1 Å². The maximum absolute atomic E-state index is 5.94. The van der Waals surface area contributed by atoms with Gasteiger partial charge in [0.05, 0.1) is 0 Å². The first kappa shape index (κ1) is 20.5. The van der Waals surface area contributed by atoms with E-state index >= 15 is 0 Å². The second-order valence-electron chi connectivity index (χ2n) is 7.60. The molecule has 0 aliphatic carbocycles. The van der Waals surface area contributed by atoms with Gasteiger partial charge in [-0.15, -0.1) is 0 Å². The third-order valence-corrected chi connectivity index (χ3v) is 14.3. The minimum atomic E-state index is -1.93. The van der Waals surface area contributed by atoms with Crippen molar-refractivity contribution in [2.45, 2.75) is 72.1 Å². The fourth-order valence-corrected chi connectivity index (χ4v) is 15.1. The highest BCUT2D eigenvalue weighted by Gasteiger charge is 2.35. The Labute approximate surface area is 130 Å². The smallest absolute Gasteiger partial charge is 0.334 e. The Bertz CT molecular complexity index is 255. The molecule has 0 aromatic rings. The van der Waals surface area contributed by atoms with E-state index in [2.05, 4.69) is 63.9 Å². The van der Waals surface area contributed by atoms with Crippen molar-refractivity contribution in [1.29, 1.82) is 0 Å². The molecule has 0 spiro atoms. The highest BCUT2D eigenvalue weighted by Crippen LogP contribution is 2.22. The molecular formula is C14H37NO2Si3. The Kier molecular flexibility index (Phi) is 8.46. The van der Waals surface area contributed by atoms with Crippen LogP contribution in [0.3, 0.4) is 0 Å². The van der Waals surface area contributed by atoms with Crippen LogP contribution < -0.4 is 0 Å². The molecule has 0 amide bonds. The zero-order valence-corrected chi connectivity index (χ0v) is 18.3. The largest absolute Gasteiger partial charge is 0.395 e. The van der Waals surface area contributed by atoms with Crippen LogP contribution >= 0.6 is 0 Å². The van der Waals surface area contributed by atoms with Crippen LogP contribution in [0, 0.1) is 0 Å². The summed E-state index contributed by atoms with van der Waals surface area (Å²) in [7, 11) is -4.38. The van der Waals surface area contributed by atoms with E-state index in [0.717, 1.165) is 19.3 Å². The molecule has 0 aromatic heterocycles. The van der Waals surface area contributed by atoms with E-state index in [1.807, 2.05) is 0 Å². The first-order valence-electron chi connectivity index (χ1n) is 8.02. The number of hydrogen-bond acceptors (Lipinski definition) is 3. The molecule has 0 rings (SSSR count).